The molecule has 32 heavy (non-hydrogen) atoms. The molecule has 1 atom stereocenters. The number of hydrogen-bond donors (Lipinski definition) is 1. The van der Waals surface area contributed by atoms with Gasteiger partial charge in [0.2, 0.25) is 17.7 Å². The first-order valence-electron chi connectivity index (χ1n) is 10.1. The highest BCUT2D eigenvalue weighted by Crippen LogP contribution is 2.28. The second-order valence-electron chi connectivity index (χ2n) is 7.09. The highest BCUT2D eigenvalue weighted by atomic mass is 16.5. The molecule has 0 aliphatic carbocycles. The molecular formula is C25H23N3O4. The summed E-state index contributed by atoms with van der Waals surface area (Å²) < 4.78 is 16.5. The van der Waals surface area contributed by atoms with Crippen molar-refractivity contribution in [2.45, 2.75) is 12.5 Å². The van der Waals surface area contributed by atoms with Crippen LogP contribution in [0.3, 0.4) is 0 Å². The van der Waals surface area contributed by atoms with Crippen molar-refractivity contribution >= 4 is 5.91 Å². The highest BCUT2D eigenvalue weighted by molar-refractivity contribution is 5.79. The summed E-state index contributed by atoms with van der Waals surface area (Å²) in [6.07, 6.45) is 0.156. The number of benzene rings is 3. The molecular weight excluding hydrogens is 406 g/mol. The topological polar surface area (TPSA) is 86.5 Å². The van der Waals surface area contributed by atoms with Crippen LogP contribution < -0.4 is 14.8 Å². The quantitative estimate of drug-likeness (QED) is 0.452. The van der Waals surface area contributed by atoms with E-state index in [0.29, 0.717) is 23.3 Å². The molecule has 162 valence electrons. The minimum atomic E-state index is -0.575. The third kappa shape index (κ3) is 4.78. The number of amides is 1. The van der Waals surface area contributed by atoms with Gasteiger partial charge in [0.1, 0.15) is 6.04 Å². The average Bonchev–Trinajstić information content (AvgIpc) is 3.33. The Labute approximate surface area is 186 Å². The standard InChI is InChI=1S/C25H23N3O4/c1-30-20-14-13-17(15-21(20)31-2)16-22(29)26-23(18-9-5-3-6-10-18)25-28-27-24(32-25)19-11-7-4-8-12-19/h3-15,23H,16H2,1-2H3,(H,26,29)/t23-/m1/s1. The van der Waals surface area contributed by atoms with E-state index in [9.17, 15) is 4.79 Å². The van der Waals surface area contributed by atoms with Crippen LogP contribution in [0.4, 0.5) is 0 Å². The molecule has 0 radical (unpaired) electrons. The smallest absolute Gasteiger partial charge is 0.247 e. The summed E-state index contributed by atoms with van der Waals surface area (Å²) in [4.78, 5) is 12.9. The number of carbonyl (C=O) groups excluding carboxylic acids is 1. The fraction of sp³-hybridized carbons (Fsp3) is 0.160. The number of methoxy groups -OCH3 is 2. The minimum Gasteiger partial charge on any atom is -0.493 e. The van der Waals surface area contributed by atoms with Gasteiger partial charge in [0.05, 0.1) is 20.6 Å². The van der Waals surface area contributed by atoms with E-state index in [0.717, 1.165) is 16.7 Å². The summed E-state index contributed by atoms with van der Waals surface area (Å²) in [5, 5.41) is 11.4. The van der Waals surface area contributed by atoms with E-state index in [-0.39, 0.29) is 12.3 Å². The molecule has 0 aliphatic heterocycles. The summed E-state index contributed by atoms with van der Waals surface area (Å²) >= 11 is 0. The van der Waals surface area contributed by atoms with E-state index in [2.05, 4.69) is 15.5 Å². The maximum absolute atomic E-state index is 12.9. The van der Waals surface area contributed by atoms with Crippen molar-refractivity contribution in [2.24, 2.45) is 0 Å². The minimum absolute atomic E-state index is 0.156. The maximum Gasteiger partial charge on any atom is 0.247 e. The first-order chi connectivity index (χ1) is 15.7. The molecule has 1 heterocycles. The van der Waals surface area contributed by atoms with Crippen LogP contribution in [0.2, 0.25) is 0 Å². The first-order valence-corrected chi connectivity index (χ1v) is 10.1. The predicted octanol–water partition coefficient (Wildman–Crippen LogP) is 4.20. The van der Waals surface area contributed by atoms with E-state index in [4.69, 9.17) is 13.9 Å². The number of ether oxygens (including phenoxy) is 2. The summed E-state index contributed by atoms with van der Waals surface area (Å²) in [6.45, 7) is 0. The molecule has 0 unspecified atom stereocenters. The molecule has 7 nitrogen and oxygen atoms in total. The zero-order valence-corrected chi connectivity index (χ0v) is 17.8. The van der Waals surface area contributed by atoms with Gasteiger partial charge in [0.15, 0.2) is 11.5 Å². The molecule has 7 heteroatoms. The first kappa shape index (κ1) is 21.1. The molecule has 1 aromatic heterocycles. The lowest BCUT2D eigenvalue weighted by Crippen LogP contribution is -2.30. The summed E-state index contributed by atoms with van der Waals surface area (Å²) in [6, 6.07) is 23.9. The fourth-order valence-electron chi connectivity index (χ4n) is 3.37. The lowest BCUT2D eigenvalue weighted by molar-refractivity contribution is -0.121. The van der Waals surface area contributed by atoms with Gasteiger partial charge in [-0.05, 0) is 35.4 Å². The van der Waals surface area contributed by atoms with Crippen LogP contribution in [0.25, 0.3) is 11.5 Å². The van der Waals surface area contributed by atoms with Gasteiger partial charge in [0.25, 0.3) is 0 Å². The number of nitrogens with zero attached hydrogens (tertiary/aromatic N) is 2. The average molecular weight is 429 g/mol. The Morgan fingerprint density at radius 3 is 2.28 bits per heavy atom. The summed E-state index contributed by atoms with van der Waals surface area (Å²) in [7, 11) is 3.13. The van der Waals surface area contributed by atoms with Crippen LogP contribution >= 0.6 is 0 Å². The molecule has 3 aromatic carbocycles. The molecule has 1 amide bonds. The molecule has 0 saturated carbocycles. The normalized spacial score (nSPS) is 11.6. The van der Waals surface area contributed by atoms with E-state index in [1.54, 1.807) is 26.4 Å². The van der Waals surface area contributed by atoms with Gasteiger partial charge in [0, 0.05) is 5.56 Å². The largest absolute Gasteiger partial charge is 0.493 e. The highest BCUT2D eigenvalue weighted by Gasteiger charge is 2.23. The van der Waals surface area contributed by atoms with Crippen molar-refractivity contribution in [3.05, 3.63) is 95.9 Å². The van der Waals surface area contributed by atoms with Crippen LogP contribution in [-0.4, -0.2) is 30.3 Å². The molecule has 0 fully saturated rings. The number of nitrogens with one attached hydrogen (secondary N) is 1. The zero-order chi connectivity index (χ0) is 22.3. The third-order valence-corrected chi connectivity index (χ3v) is 4.96. The van der Waals surface area contributed by atoms with Crippen molar-refractivity contribution in [1.29, 1.82) is 0 Å². The molecule has 1 N–H and O–H groups in total. The van der Waals surface area contributed by atoms with Gasteiger partial charge < -0.3 is 19.2 Å². The van der Waals surface area contributed by atoms with Gasteiger partial charge in [-0.3, -0.25) is 4.79 Å². The van der Waals surface area contributed by atoms with Crippen molar-refractivity contribution in [2.75, 3.05) is 14.2 Å². The Morgan fingerprint density at radius 1 is 0.906 bits per heavy atom. The SMILES string of the molecule is COc1ccc(CC(=O)N[C@H](c2ccccc2)c2nnc(-c3ccccc3)o2)cc1OC. The Bertz CT molecular complexity index is 1180. The Kier molecular flexibility index (Phi) is 6.46. The van der Waals surface area contributed by atoms with Gasteiger partial charge in [-0.25, -0.2) is 0 Å². The summed E-state index contributed by atoms with van der Waals surface area (Å²) in [5.74, 6) is 1.71. The number of hydrogen-bond acceptors (Lipinski definition) is 6. The van der Waals surface area contributed by atoms with Gasteiger partial charge in [-0.2, -0.15) is 0 Å². The van der Waals surface area contributed by atoms with Crippen LogP contribution in [0.1, 0.15) is 23.1 Å². The molecule has 0 aliphatic rings. The Morgan fingerprint density at radius 2 is 1.59 bits per heavy atom. The van der Waals surface area contributed by atoms with Crippen molar-refractivity contribution in [3.8, 4) is 23.0 Å². The Balaban J connectivity index is 1.57. The molecule has 0 bridgehead atoms. The van der Waals surface area contributed by atoms with Gasteiger partial charge >= 0.3 is 0 Å². The van der Waals surface area contributed by atoms with E-state index in [1.165, 1.54) is 0 Å². The van der Waals surface area contributed by atoms with Crippen molar-refractivity contribution in [1.82, 2.24) is 15.5 Å². The van der Waals surface area contributed by atoms with E-state index < -0.39 is 6.04 Å². The third-order valence-electron chi connectivity index (χ3n) is 4.96. The van der Waals surface area contributed by atoms with E-state index >= 15 is 0 Å². The monoisotopic (exact) mass is 429 g/mol. The molecule has 4 aromatic rings. The second-order valence-corrected chi connectivity index (χ2v) is 7.09. The lowest BCUT2D eigenvalue weighted by atomic mass is 10.1. The molecule has 0 spiro atoms. The lowest BCUT2D eigenvalue weighted by Gasteiger charge is -2.16. The van der Waals surface area contributed by atoms with Crippen LogP contribution in [0.15, 0.2) is 83.3 Å². The summed E-state index contributed by atoms with van der Waals surface area (Å²) in [5.41, 5.74) is 2.45. The zero-order valence-electron chi connectivity index (χ0n) is 17.8. The maximum atomic E-state index is 12.9. The van der Waals surface area contributed by atoms with Crippen LogP contribution in [-0.2, 0) is 11.2 Å². The van der Waals surface area contributed by atoms with Crippen molar-refractivity contribution in [3.63, 3.8) is 0 Å². The fourth-order valence-corrected chi connectivity index (χ4v) is 3.37. The molecule has 0 saturated heterocycles. The number of aromatic nitrogens is 2. The predicted molar refractivity (Wildman–Crippen MR) is 119 cm³/mol. The van der Waals surface area contributed by atoms with Crippen LogP contribution in [0, 0.1) is 0 Å². The Hall–Kier alpha value is -4.13. The molecule has 4 rings (SSSR count). The van der Waals surface area contributed by atoms with Crippen molar-refractivity contribution < 1.29 is 18.7 Å². The second kappa shape index (κ2) is 9.78. The van der Waals surface area contributed by atoms with E-state index in [1.807, 2.05) is 66.7 Å². The van der Waals surface area contributed by atoms with Gasteiger partial charge in [-0.15, -0.1) is 10.2 Å². The number of carbonyl (C=O) groups is 1. The van der Waals surface area contributed by atoms with Crippen LogP contribution in [0.5, 0.6) is 11.5 Å². The van der Waals surface area contributed by atoms with Gasteiger partial charge in [-0.1, -0.05) is 54.6 Å². The number of rotatable bonds is 8.